The van der Waals surface area contributed by atoms with Gasteiger partial charge in [0.05, 0.1) is 4.90 Å². The molecule has 0 saturated heterocycles. The maximum absolute atomic E-state index is 12.5. The topological polar surface area (TPSA) is 63.4 Å². The van der Waals surface area contributed by atoms with E-state index in [1.807, 2.05) is 30.3 Å². The maximum Gasteiger partial charge on any atom is 0.242 e. The molecule has 0 aliphatic heterocycles. The van der Waals surface area contributed by atoms with Crippen LogP contribution in [-0.4, -0.2) is 26.3 Å². The number of hydrogen-bond acceptors (Lipinski definition) is 3. The van der Waals surface area contributed by atoms with Crippen molar-refractivity contribution >= 4 is 31.6 Å². The number of sulfonamides is 1. The summed E-state index contributed by atoms with van der Waals surface area (Å²) in [4.78, 5) is 0.207. The van der Waals surface area contributed by atoms with Crippen molar-refractivity contribution in [3.63, 3.8) is 0 Å². The average Bonchev–Trinajstić information content (AvgIpc) is 2.48. The first kappa shape index (κ1) is 16.0. The first-order valence-electron chi connectivity index (χ1n) is 6.46. The van der Waals surface area contributed by atoms with Crippen LogP contribution in [0.25, 0.3) is 0 Å². The van der Waals surface area contributed by atoms with Crippen LogP contribution in [0.4, 0.5) is 5.69 Å². The van der Waals surface area contributed by atoms with E-state index < -0.39 is 10.0 Å². The Bertz CT molecular complexity index is 718. The van der Waals surface area contributed by atoms with Crippen molar-refractivity contribution in [2.24, 2.45) is 0 Å². The summed E-state index contributed by atoms with van der Waals surface area (Å²) in [6.07, 6.45) is 0.669. The first-order valence-corrected chi connectivity index (χ1v) is 8.70. The number of nitrogens with two attached hydrogens (primary N) is 1. The number of likely N-dealkylation sites (N-methyl/N-ethyl adjacent to an activating group) is 1. The molecule has 0 saturated carbocycles. The lowest BCUT2D eigenvalue weighted by Crippen LogP contribution is -2.29. The lowest BCUT2D eigenvalue weighted by Gasteiger charge is -2.17. The van der Waals surface area contributed by atoms with Crippen LogP contribution in [0.1, 0.15) is 5.56 Å². The fraction of sp³-hybridized carbons (Fsp3) is 0.200. The second-order valence-electron chi connectivity index (χ2n) is 4.75. The molecule has 0 radical (unpaired) electrons. The maximum atomic E-state index is 12.5. The fourth-order valence-corrected chi connectivity index (χ4v) is 3.37. The van der Waals surface area contributed by atoms with Crippen LogP contribution in [0.5, 0.6) is 0 Å². The van der Waals surface area contributed by atoms with E-state index in [4.69, 9.17) is 5.73 Å². The van der Waals surface area contributed by atoms with Gasteiger partial charge < -0.3 is 5.73 Å². The van der Waals surface area contributed by atoms with Gasteiger partial charge in [-0.2, -0.15) is 0 Å². The lowest BCUT2D eigenvalue weighted by molar-refractivity contribution is 0.472. The van der Waals surface area contributed by atoms with E-state index in [-0.39, 0.29) is 4.90 Å². The van der Waals surface area contributed by atoms with Crippen molar-refractivity contribution in [1.82, 2.24) is 4.31 Å². The number of benzene rings is 2. The minimum absolute atomic E-state index is 0.207. The van der Waals surface area contributed by atoms with Gasteiger partial charge in [0.1, 0.15) is 0 Å². The standard InChI is InChI=1S/C15H17BrN2O2S/c1-18(10-9-12-5-3-2-4-6-12)21(19,20)13-7-8-14(16)15(17)11-13/h2-8,11H,9-10,17H2,1H3. The van der Waals surface area contributed by atoms with Crippen LogP contribution < -0.4 is 5.73 Å². The van der Waals surface area contributed by atoms with E-state index in [0.29, 0.717) is 23.1 Å². The summed E-state index contributed by atoms with van der Waals surface area (Å²) in [5.41, 5.74) is 7.27. The molecule has 6 heteroatoms. The fourth-order valence-electron chi connectivity index (χ4n) is 1.91. The minimum Gasteiger partial charge on any atom is -0.398 e. The Labute approximate surface area is 133 Å². The Morgan fingerprint density at radius 3 is 2.43 bits per heavy atom. The summed E-state index contributed by atoms with van der Waals surface area (Å²) in [6, 6.07) is 14.5. The third-order valence-corrected chi connectivity index (χ3v) is 5.81. The third kappa shape index (κ3) is 3.84. The summed E-state index contributed by atoms with van der Waals surface area (Å²) in [7, 11) is -1.94. The summed E-state index contributed by atoms with van der Waals surface area (Å²) < 4.78 is 27.0. The van der Waals surface area contributed by atoms with Gasteiger partial charge in [0, 0.05) is 23.8 Å². The summed E-state index contributed by atoms with van der Waals surface area (Å²) in [6.45, 7) is 0.419. The monoisotopic (exact) mass is 368 g/mol. The normalized spacial score (nSPS) is 11.8. The van der Waals surface area contributed by atoms with E-state index in [9.17, 15) is 8.42 Å². The van der Waals surface area contributed by atoms with Gasteiger partial charge in [-0.05, 0) is 46.1 Å². The number of rotatable bonds is 5. The Kier molecular flexibility index (Phi) is 5.03. The molecule has 2 N–H and O–H groups in total. The van der Waals surface area contributed by atoms with Gasteiger partial charge in [0.15, 0.2) is 0 Å². The largest absolute Gasteiger partial charge is 0.398 e. The van der Waals surface area contributed by atoms with Crippen molar-refractivity contribution in [2.75, 3.05) is 19.3 Å². The minimum atomic E-state index is -3.52. The van der Waals surface area contributed by atoms with Crippen LogP contribution in [0, 0.1) is 0 Å². The van der Waals surface area contributed by atoms with E-state index in [2.05, 4.69) is 15.9 Å². The van der Waals surface area contributed by atoms with Gasteiger partial charge in [-0.3, -0.25) is 0 Å². The zero-order valence-electron chi connectivity index (χ0n) is 11.7. The molecule has 0 fully saturated rings. The summed E-state index contributed by atoms with van der Waals surface area (Å²) >= 11 is 3.26. The van der Waals surface area contributed by atoms with Gasteiger partial charge in [-0.1, -0.05) is 30.3 Å². The van der Waals surface area contributed by atoms with E-state index in [1.165, 1.54) is 10.4 Å². The van der Waals surface area contributed by atoms with Gasteiger partial charge in [0.2, 0.25) is 10.0 Å². The number of nitrogen functional groups attached to an aromatic ring is 1. The van der Waals surface area contributed by atoms with Crippen LogP contribution in [-0.2, 0) is 16.4 Å². The number of nitrogens with zero attached hydrogens (tertiary/aromatic N) is 1. The highest BCUT2D eigenvalue weighted by Gasteiger charge is 2.21. The zero-order chi connectivity index (χ0) is 15.5. The predicted molar refractivity (Wildman–Crippen MR) is 88.5 cm³/mol. The highest BCUT2D eigenvalue weighted by molar-refractivity contribution is 9.10. The van der Waals surface area contributed by atoms with Crippen molar-refractivity contribution < 1.29 is 8.42 Å². The van der Waals surface area contributed by atoms with E-state index in [1.54, 1.807) is 19.2 Å². The summed E-state index contributed by atoms with van der Waals surface area (Å²) in [5, 5.41) is 0. The van der Waals surface area contributed by atoms with Crippen LogP contribution >= 0.6 is 15.9 Å². The van der Waals surface area contributed by atoms with Gasteiger partial charge in [-0.15, -0.1) is 0 Å². The molecule has 2 rings (SSSR count). The molecular formula is C15H17BrN2O2S. The van der Waals surface area contributed by atoms with E-state index >= 15 is 0 Å². The van der Waals surface area contributed by atoms with Gasteiger partial charge in [0.25, 0.3) is 0 Å². The number of anilines is 1. The molecule has 0 heterocycles. The number of halogens is 1. The second kappa shape index (κ2) is 6.60. The predicted octanol–water partition coefficient (Wildman–Crippen LogP) is 2.89. The smallest absolute Gasteiger partial charge is 0.242 e. The van der Waals surface area contributed by atoms with Crippen molar-refractivity contribution in [3.05, 3.63) is 58.6 Å². The van der Waals surface area contributed by atoms with Gasteiger partial charge in [-0.25, -0.2) is 12.7 Å². The molecular weight excluding hydrogens is 352 g/mol. The molecule has 0 atom stereocenters. The molecule has 2 aromatic carbocycles. The van der Waals surface area contributed by atoms with Crippen LogP contribution in [0.15, 0.2) is 57.9 Å². The Balaban J connectivity index is 2.13. The average molecular weight is 369 g/mol. The zero-order valence-corrected chi connectivity index (χ0v) is 14.1. The number of hydrogen-bond donors (Lipinski definition) is 1. The highest BCUT2D eigenvalue weighted by Crippen LogP contribution is 2.24. The van der Waals surface area contributed by atoms with Crippen LogP contribution in [0.2, 0.25) is 0 Å². The Morgan fingerprint density at radius 1 is 1.14 bits per heavy atom. The molecule has 21 heavy (non-hydrogen) atoms. The molecule has 0 aliphatic rings. The molecule has 0 aliphatic carbocycles. The molecule has 0 aromatic heterocycles. The van der Waals surface area contributed by atoms with Gasteiger partial charge >= 0.3 is 0 Å². The molecule has 0 bridgehead atoms. The van der Waals surface area contributed by atoms with E-state index in [0.717, 1.165) is 5.56 Å². The van der Waals surface area contributed by atoms with Crippen molar-refractivity contribution in [2.45, 2.75) is 11.3 Å². The lowest BCUT2D eigenvalue weighted by atomic mass is 10.2. The molecule has 4 nitrogen and oxygen atoms in total. The molecule has 112 valence electrons. The third-order valence-electron chi connectivity index (χ3n) is 3.23. The van der Waals surface area contributed by atoms with Crippen molar-refractivity contribution in [3.8, 4) is 0 Å². The van der Waals surface area contributed by atoms with Crippen molar-refractivity contribution in [1.29, 1.82) is 0 Å². The molecule has 2 aromatic rings. The molecule has 0 spiro atoms. The molecule has 0 unspecified atom stereocenters. The molecule has 0 amide bonds. The SMILES string of the molecule is CN(CCc1ccccc1)S(=O)(=O)c1ccc(Br)c(N)c1. The summed E-state index contributed by atoms with van der Waals surface area (Å²) in [5.74, 6) is 0. The quantitative estimate of drug-likeness (QED) is 0.825. The Morgan fingerprint density at radius 2 is 1.81 bits per heavy atom. The first-order chi connectivity index (χ1) is 9.91. The Hall–Kier alpha value is -1.37. The van der Waals surface area contributed by atoms with Crippen LogP contribution in [0.3, 0.4) is 0 Å². The second-order valence-corrected chi connectivity index (χ2v) is 7.64. The highest BCUT2D eigenvalue weighted by atomic mass is 79.9.